The Morgan fingerprint density at radius 3 is 2.79 bits per heavy atom. The van der Waals surface area contributed by atoms with Crippen molar-refractivity contribution in [2.24, 2.45) is 0 Å². The molecule has 78 valence electrons. The zero-order valence-corrected chi connectivity index (χ0v) is 10.1. The Balaban J connectivity index is 2.63. The van der Waals surface area contributed by atoms with Gasteiger partial charge in [0.15, 0.2) is 0 Å². The van der Waals surface area contributed by atoms with Crippen molar-refractivity contribution in [3.8, 4) is 0 Å². The monoisotopic (exact) mass is 278 g/mol. The predicted octanol–water partition coefficient (Wildman–Crippen LogP) is 1.28. The molecule has 0 aliphatic rings. The Morgan fingerprint density at radius 2 is 2.21 bits per heavy atom. The normalized spacial score (nSPS) is 11.6. The molecule has 1 rings (SSSR count). The standard InChI is InChI=1S/C8H11BrN2O2S/c1-2-14(12,13)11-5-7-3-8(9)6-10-4-7/h3-4,6,11H,2,5H2,1H3. The Labute approximate surface area is 91.9 Å². The smallest absolute Gasteiger partial charge is 0.211 e. The maximum absolute atomic E-state index is 11.1. The van der Waals surface area contributed by atoms with Crippen LogP contribution in [-0.2, 0) is 16.6 Å². The van der Waals surface area contributed by atoms with Gasteiger partial charge >= 0.3 is 0 Å². The summed E-state index contributed by atoms with van der Waals surface area (Å²) in [5, 5.41) is 0. The van der Waals surface area contributed by atoms with E-state index in [2.05, 4.69) is 25.6 Å². The van der Waals surface area contributed by atoms with E-state index in [0.29, 0.717) is 0 Å². The summed E-state index contributed by atoms with van der Waals surface area (Å²) in [6.45, 7) is 1.88. The first-order valence-electron chi connectivity index (χ1n) is 4.10. The fourth-order valence-corrected chi connectivity index (χ4v) is 1.85. The second kappa shape index (κ2) is 4.86. The highest BCUT2D eigenvalue weighted by Gasteiger charge is 2.05. The molecule has 0 radical (unpaired) electrons. The van der Waals surface area contributed by atoms with E-state index in [1.54, 1.807) is 19.3 Å². The molecule has 1 heterocycles. The van der Waals surface area contributed by atoms with Crippen molar-refractivity contribution in [2.75, 3.05) is 5.75 Å². The number of rotatable bonds is 4. The molecular weight excluding hydrogens is 268 g/mol. The number of halogens is 1. The van der Waals surface area contributed by atoms with E-state index in [4.69, 9.17) is 0 Å². The lowest BCUT2D eigenvalue weighted by atomic mass is 10.3. The molecule has 14 heavy (non-hydrogen) atoms. The maximum atomic E-state index is 11.1. The van der Waals surface area contributed by atoms with Crippen LogP contribution in [0.1, 0.15) is 12.5 Å². The van der Waals surface area contributed by atoms with E-state index in [9.17, 15) is 8.42 Å². The third-order valence-corrected chi connectivity index (χ3v) is 3.42. The average molecular weight is 279 g/mol. The number of sulfonamides is 1. The van der Waals surface area contributed by atoms with Crippen molar-refractivity contribution in [1.29, 1.82) is 0 Å². The third kappa shape index (κ3) is 3.73. The molecular formula is C8H11BrN2O2S. The summed E-state index contributed by atoms with van der Waals surface area (Å²) >= 11 is 3.26. The van der Waals surface area contributed by atoms with E-state index >= 15 is 0 Å². The van der Waals surface area contributed by atoms with Gasteiger partial charge in [-0.3, -0.25) is 4.98 Å². The number of pyridine rings is 1. The summed E-state index contributed by atoms with van der Waals surface area (Å²) in [5.74, 6) is 0.0917. The molecule has 0 aromatic carbocycles. The number of hydrogen-bond acceptors (Lipinski definition) is 3. The van der Waals surface area contributed by atoms with Crippen molar-refractivity contribution in [3.05, 3.63) is 28.5 Å². The third-order valence-electron chi connectivity index (χ3n) is 1.64. The van der Waals surface area contributed by atoms with Gasteiger partial charge in [0.25, 0.3) is 0 Å². The molecule has 0 saturated carbocycles. The van der Waals surface area contributed by atoms with Gasteiger partial charge in [0.2, 0.25) is 10.0 Å². The van der Waals surface area contributed by atoms with E-state index in [1.165, 1.54) is 0 Å². The molecule has 0 fully saturated rings. The van der Waals surface area contributed by atoms with Crippen molar-refractivity contribution >= 4 is 26.0 Å². The number of aromatic nitrogens is 1. The van der Waals surface area contributed by atoms with Crippen LogP contribution in [0.15, 0.2) is 22.9 Å². The van der Waals surface area contributed by atoms with Gasteiger partial charge < -0.3 is 0 Å². The average Bonchev–Trinajstić information content (AvgIpc) is 2.15. The first-order valence-corrected chi connectivity index (χ1v) is 6.55. The number of nitrogens with one attached hydrogen (secondary N) is 1. The van der Waals surface area contributed by atoms with Crippen LogP contribution >= 0.6 is 15.9 Å². The maximum Gasteiger partial charge on any atom is 0.211 e. The van der Waals surface area contributed by atoms with Crippen LogP contribution in [-0.4, -0.2) is 19.2 Å². The van der Waals surface area contributed by atoms with Gasteiger partial charge in [-0.2, -0.15) is 0 Å². The summed E-state index contributed by atoms with van der Waals surface area (Å²) in [5.41, 5.74) is 0.830. The Hall–Kier alpha value is -0.460. The van der Waals surface area contributed by atoms with Crippen LogP contribution < -0.4 is 4.72 Å². The Morgan fingerprint density at radius 1 is 1.50 bits per heavy atom. The van der Waals surface area contributed by atoms with E-state index < -0.39 is 10.0 Å². The van der Waals surface area contributed by atoms with E-state index in [-0.39, 0.29) is 12.3 Å². The lowest BCUT2D eigenvalue weighted by Crippen LogP contribution is -2.24. The molecule has 0 atom stereocenters. The number of nitrogens with zero attached hydrogens (tertiary/aromatic N) is 1. The molecule has 0 unspecified atom stereocenters. The van der Waals surface area contributed by atoms with Gasteiger partial charge in [0, 0.05) is 23.4 Å². The molecule has 1 aromatic heterocycles. The zero-order chi connectivity index (χ0) is 10.6. The summed E-state index contributed by atoms with van der Waals surface area (Å²) in [6.07, 6.45) is 3.28. The van der Waals surface area contributed by atoms with Gasteiger partial charge in [-0.15, -0.1) is 0 Å². The van der Waals surface area contributed by atoms with Crippen LogP contribution in [0.25, 0.3) is 0 Å². The van der Waals surface area contributed by atoms with Crippen LogP contribution in [0.2, 0.25) is 0 Å². The van der Waals surface area contributed by atoms with E-state index in [0.717, 1.165) is 10.0 Å². The van der Waals surface area contributed by atoms with Crippen molar-refractivity contribution in [3.63, 3.8) is 0 Å². The quantitative estimate of drug-likeness (QED) is 0.903. The predicted molar refractivity (Wildman–Crippen MR) is 58.2 cm³/mol. The summed E-state index contributed by atoms with van der Waals surface area (Å²) < 4.78 is 25.5. The highest BCUT2D eigenvalue weighted by molar-refractivity contribution is 9.10. The SMILES string of the molecule is CCS(=O)(=O)NCc1cncc(Br)c1. The Bertz CT molecular complexity index is 406. The largest absolute Gasteiger partial charge is 0.263 e. The zero-order valence-electron chi connectivity index (χ0n) is 7.70. The molecule has 0 bridgehead atoms. The summed E-state index contributed by atoms with van der Waals surface area (Å²) in [6, 6.07) is 1.82. The van der Waals surface area contributed by atoms with Gasteiger partial charge in [0.1, 0.15) is 0 Å². The molecule has 0 amide bonds. The van der Waals surface area contributed by atoms with Gasteiger partial charge in [-0.05, 0) is 34.5 Å². The minimum atomic E-state index is -3.12. The molecule has 4 nitrogen and oxygen atoms in total. The highest BCUT2D eigenvalue weighted by atomic mass is 79.9. The van der Waals surface area contributed by atoms with Crippen molar-refractivity contribution < 1.29 is 8.42 Å². The highest BCUT2D eigenvalue weighted by Crippen LogP contribution is 2.09. The molecule has 0 aliphatic carbocycles. The molecule has 6 heteroatoms. The van der Waals surface area contributed by atoms with Crippen molar-refractivity contribution in [1.82, 2.24) is 9.71 Å². The fourth-order valence-electron chi connectivity index (χ4n) is 0.848. The second-order valence-corrected chi connectivity index (χ2v) is 5.75. The molecule has 0 saturated heterocycles. The second-order valence-electron chi connectivity index (χ2n) is 2.74. The molecule has 0 spiro atoms. The lowest BCUT2D eigenvalue weighted by molar-refractivity contribution is 0.582. The lowest BCUT2D eigenvalue weighted by Gasteiger charge is -2.03. The molecule has 0 aliphatic heterocycles. The van der Waals surface area contributed by atoms with Gasteiger partial charge in [-0.25, -0.2) is 13.1 Å². The topological polar surface area (TPSA) is 59.1 Å². The van der Waals surface area contributed by atoms with Crippen LogP contribution in [0.4, 0.5) is 0 Å². The number of hydrogen-bond donors (Lipinski definition) is 1. The minimum absolute atomic E-state index is 0.0917. The summed E-state index contributed by atoms with van der Waals surface area (Å²) in [4.78, 5) is 3.93. The summed E-state index contributed by atoms with van der Waals surface area (Å²) in [7, 11) is -3.12. The van der Waals surface area contributed by atoms with Crippen LogP contribution in [0.3, 0.4) is 0 Å². The molecule has 1 N–H and O–H groups in total. The Kier molecular flexibility index (Phi) is 4.03. The first kappa shape index (κ1) is 11.6. The van der Waals surface area contributed by atoms with Crippen LogP contribution in [0, 0.1) is 0 Å². The van der Waals surface area contributed by atoms with Gasteiger partial charge in [0.05, 0.1) is 5.75 Å². The van der Waals surface area contributed by atoms with Gasteiger partial charge in [-0.1, -0.05) is 0 Å². The minimum Gasteiger partial charge on any atom is -0.263 e. The van der Waals surface area contributed by atoms with E-state index in [1.807, 2.05) is 6.07 Å². The first-order chi connectivity index (χ1) is 6.53. The van der Waals surface area contributed by atoms with Crippen molar-refractivity contribution in [2.45, 2.75) is 13.5 Å². The van der Waals surface area contributed by atoms with Crippen LogP contribution in [0.5, 0.6) is 0 Å². The molecule has 1 aromatic rings. The fraction of sp³-hybridized carbons (Fsp3) is 0.375.